The lowest BCUT2D eigenvalue weighted by atomic mass is 10.1. The fourth-order valence-corrected chi connectivity index (χ4v) is 3.23. The van der Waals surface area contributed by atoms with Crippen molar-refractivity contribution in [3.8, 4) is 0 Å². The second-order valence-corrected chi connectivity index (χ2v) is 8.76. The van der Waals surface area contributed by atoms with Crippen LogP contribution in [0.15, 0.2) is 41.8 Å². The number of para-hydroxylation sites is 1. The Morgan fingerprint density at radius 2 is 1.92 bits per heavy atom. The number of carbonyl (C=O) groups excluding carboxylic acids is 1. The molecule has 2 aromatic rings. The Bertz CT molecular complexity index is 732. The fraction of sp³-hybridized carbons (Fsp3) is 0.250. The first-order valence-corrected chi connectivity index (χ1v) is 9.80. The third-order valence-corrected chi connectivity index (χ3v) is 5.01. The molecule has 134 valence electrons. The van der Waals surface area contributed by atoms with Gasteiger partial charge < -0.3 is 16.0 Å². The van der Waals surface area contributed by atoms with Crippen molar-refractivity contribution in [2.75, 3.05) is 5.32 Å². The molecule has 2 rings (SSSR count). The minimum atomic E-state index is -1.79. The van der Waals surface area contributed by atoms with Crippen molar-refractivity contribution in [2.24, 2.45) is 0 Å². The summed E-state index contributed by atoms with van der Waals surface area (Å²) in [4.78, 5) is 12.7. The summed E-state index contributed by atoms with van der Waals surface area (Å²) in [7, 11) is 0. The number of benzene rings is 1. The van der Waals surface area contributed by atoms with Crippen LogP contribution in [0.5, 0.6) is 0 Å². The third kappa shape index (κ3) is 6.01. The number of anilines is 1. The van der Waals surface area contributed by atoms with Gasteiger partial charge in [0, 0.05) is 5.69 Å². The van der Waals surface area contributed by atoms with E-state index in [1.807, 2.05) is 31.2 Å². The van der Waals surface area contributed by atoms with E-state index in [-0.39, 0.29) is 11.0 Å². The minimum Gasteiger partial charge on any atom is -0.339 e. The number of halogens is 3. The molecule has 1 aromatic heterocycles. The van der Waals surface area contributed by atoms with Gasteiger partial charge in [-0.15, -0.1) is 11.3 Å². The van der Waals surface area contributed by atoms with Crippen molar-refractivity contribution in [1.29, 1.82) is 0 Å². The first kappa shape index (κ1) is 20.3. The van der Waals surface area contributed by atoms with Gasteiger partial charge in [0.1, 0.15) is 6.17 Å². The van der Waals surface area contributed by atoms with Crippen LogP contribution in [0.25, 0.3) is 0 Å². The van der Waals surface area contributed by atoms with Gasteiger partial charge in [0.15, 0.2) is 5.11 Å². The summed E-state index contributed by atoms with van der Waals surface area (Å²) in [6.45, 7) is 2.04. The summed E-state index contributed by atoms with van der Waals surface area (Å²) in [5.74, 6) is -0.351. The summed E-state index contributed by atoms with van der Waals surface area (Å²) >= 11 is 24.5. The molecule has 0 saturated carbocycles. The number of thiocarbonyl (C=S) groups is 1. The summed E-state index contributed by atoms with van der Waals surface area (Å²) < 4.78 is -1.79. The molecule has 0 aliphatic heterocycles. The van der Waals surface area contributed by atoms with Crippen LogP contribution in [0, 0.1) is 0 Å². The topological polar surface area (TPSA) is 53.2 Å². The van der Waals surface area contributed by atoms with Gasteiger partial charge in [-0.1, -0.05) is 66.0 Å². The average Bonchev–Trinajstić information content (AvgIpc) is 3.08. The molecule has 0 bridgehead atoms. The molecule has 1 unspecified atom stereocenters. The fourth-order valence-electron chi connectivity index (χ4n) is 2.05. The molecular weight excluding hydrogens is 421 g/mol. The molecule has 0 aliphatic rings. The van der Waals surface area contributed by atoms with Gasteiger partial charge >= 0.3 is 0 Å². The lowest BCUT2D eigenvalue weighted by Gasteiger charge is -2.27. The highest BCUT2D eigenvalue weighted by molar-refractivity contribution is 7.80. The van der Waals surface area contributed by atoms with E-state index in [0.29, 0.717) is 4.88 Å². The van der Waals surface area contributed by atoms with E-state index in [4.69, 9.17) is 47.0 Å². The number of aryl methyl sites for hydroxylation is 1. The SMILES string of the molecule is CCc1ccccc1NC(=S)NC(NC(=O)c1cccs1)C(Cl)(Cl)Cl. The number of thiophene rings is 1. The molecule has 1 atom stereocenters. The summed E-state index contributed by atoms with van der Waals surface area (Å²) in [5, 5.41) is 10.6. The van der Waals surface area contributed by atoms with Crippen molar-refractivity contribution in [2.45, 2.75) is 23.3 Å². The smallest absolute Gasteiger partial charge is 0.263 e. The zero-order chi connectivity index (χ0) is 18.4. The Kier molecular flexibility index (Phi) is 7.34. The Labute approximate surface area is 170 Å². The number of hydrogen-bond donors (Lipinski definition) is 3. The van der Waals surface area contributed by atoms with Crippen molar-refractivity contribution in [3.05, 3.63) is 52.2 Å². The van der Waals surface area contributed by atoms with Crippen LogP contribution >= 0.6 is 58.4 Å². The monoisotopic (exact) mass is 435 g/mol. The van der Waals surface area contributed by atoms with Gasteiger partial charge in [0.25, 0.3) is 5.91 Å². The molecule has 0 aliphatic carbocycles. The first-order chi connectivity index (χ1) is 11.8. The van der Waals surface area contributed by atoms with E-state index in [9.17, 15) is 4.79 Å². The largest absolute Gasteiger partial charge is 0.339 e. The van der Waals surface area contributed by atoms with E-state index in [2.05, 4.69) is 16.0 Å². The molecule has 1 aromatic carbocycles. The van der Waals surface area contributed by atoms with Gasteiger partial charge in [-0.05, 0) is 41.7 Å². The third-order valence-electron chi connectivity index (χ3n) is 3.27. The average molecular weight is 437 g/mol. The Hall–Kier alpha value is -1.05. The molecule has 3 N–H and O–H groups in total. The van der Waals surface area contributed by atoms with Crippen molar-refractivity contribution in [1.82, 2.24) is 10.6 Å². The maximum absolute atomic E-state index is 12.2. The zero-order valence-electron chi connectivity index (χ0n) is 13.2. The van der Waals surface area contributed by atoms with Crippen LogP contribution < -0.4 is 16.0 Å². The summed E-state index contributed by atoms with van der Waals surface area (Å²) in [6, 6.07) is 11.2. The molecule has 0 saturated heterocycles. The maximum atomic E-state index is 12.2. The Morgan fingerprint density at radius 1 is 1.20 bits per heavy atom. The van der Waals surface area contributed by atoms with Crippen molar-refractivity contribution >= 4 is 75.1 Å². The Morgan fingerprint density at radius 3 is 2.52 bits per heavy atom. The van der Waals surface area contributed by atoms with Crippen LogP contribution in [0.3, 0.4) is 0 Å². The molecule has 0 radical (unpaired) electrons. The molecule has 0 spiro atoms. The number of alkyl halides is 3. The van der Waals surface area contributed by atoms with E-state index in [0.717, 1.165) is 17.7 Å². The summed E-state index contributed by atoms with van der Waals surface area (Å²) in [5.41, 5.74) is 1.95. The lowest BCUT2D eigenvalue weighted by Crippen LogP contribution is -2.56. The van der Waals surface area contributed by atoms with Crippen molar-refractivity contribution < 1.29 is 4.79 Å². The normalized spacial score (nSPS) is 12.3. The second-order valence-electron chi connectivity index (χ2n) is 5.03. The standard InChI is InChI=1S/C16H16Cl3N3OS2/c1-2-10-6-3-4-7-11(10)20-15(24)22-14(16(17,18)19)21-13(23)12-8-5-9-25-12/h3-9,14H,2H2,1H3,(H,21,23)(H2,20,22,24). The molecule has 1 amide bonds. The number of rotatable bonds is 5. The van der Waals surface area contributed by atoms with Crippen molar-refractivity contribution in [3.63, 3.8) is 0 Å². The molecule has 0 fully saturated rings. The van der Waals surface area contributed by atoms with Gasteiger partial charge in [-0.25, -0.2) is 0 Å². The van der Waals surface area contributed by atoms with Gasteiger partial charge in [0.05, 0.1) is 4.88 Å². The predicted molar refractivity (Wildman–Crippen MR) is 111 cm³/mol. The van der Waals surface area contributed by atoms with Gasteiger partial charge in [-0.3, -0.25) is 4.79 Å². The van der Waals surface area contributed by atoms with E-state index in [1.165, 1.54) is 11.3 Å². The van der Waals surface area contributed by atoms with Gasteiger partial charge in [-0.2, -0.15) is 0 Å². The molecule has 1 heterocycles. The quantitative estimate of drug-likeness (QED) is 0.360. The number of carbonyl (C=O) groups is 1. The van der Waals surface area contributed by atoms with Crippen LogP contribution in [0.2, 0.25) is 0 Å². The van der Waals surface area contributed by atoms with E-state index in [1.54, 1.807) is 17.5 Å². The van der Waals surface area contributed by atoms with Crippen LogP contribution in [-0.2, 0) is 6.42 Å². The first-order valence-electron chi connectivity index (χ1n) is 7.37. The van der Waals surface area contributed by atoms with Gasteiger partial charge in [0.2, 0.25) is 3.79 Å². The lowest BCUT2D eigenvalue weighted by molar-refractivity contribution is 0.0938. The Balaban J connectivity index is 2.06. The van der Waals surface area contributed by atoms with Crippen LogP contribution in [-0.4, -0.2) is 21.0 Å². The van der Waals surface area contributed by atoms with Crippen LogP contribution in [0.4, 0.5) is 5.69 Å². The number of nitrogens with one attached hydrogen (secondary N) is 3. The molecule has 25 heavy (non-hydrogen) atoms. The van der Waals surface area contributed by atoms with E-state index < -0.39 is 9.96 Å². The number of amides is 1. The molecule has 4 nitrogen and oxygen atoms in total. The molecular formula is C16H16Cl3N3OS2. The summed E-state index contributed by atoms with van der Waals surface area (Å²) in [6.07, 6.45) is -0.157. The predicted octanol–water partition coefficient (Wildman–Crippen LogP) is 4.72. The zero-order valence-corrected chi connectivity index (χ0v) is 17.1. The highest BCUT2D eigenvalue weighted by Crippen LogP contribution is 2.29. The molecule has 9 heteroatoms. The maximum Gasteiger partial charge on any atom is 0.263 e. The highest BCUT2D eigenvalue weighted by Gasteiger charge is 2.35. The highest BCUT2D eigenvalue weighted by atomic mass is 35.6. The second kappa shape index (κ2) is 9.05. The minimum absolute atomic E-state index is 0.240. The van der Waals surface area contributed by atoms with E-state index >= 15 is 0 Å². The number of hydrogen-bond acceptors (Lipinski definition) is 3. The van der Waals surface area contributed by atoms with Crippen LogP contribution in [0.1, 0.15) is 22.2 Å².